The fourth-order valence-corrected chi connectivity index (χ4v) is 4.26. The number of piperidine rings is 1. The van der Waals surface area contributed by atoms with E-state index in [0.717, 1.165) is 50.3 Å². The van der Waals surface area contributed by atoms with Gasteiger partial charge in [0.2, 0.25) is 0 Å². The second kappa shape index (κ2) is 7.90. The summed E-state index contributed by atoms with van der Waals surface area (Å²) in [5.41, 5.74) is 2.60. The van der Waals surface area contributed by atoms with Crippen LogP contribution in [0.1, 0.15) is 29.6 Å². The van der Waals surface area contributed by atoms with E-state index in [4.69, 9.17) is 4.74 Å². The van der Waals surface area contributed by atoms with Crippen molar-refractivity contribution in [1.82, 2.24) is 20.0 Å². The minimum absolute atomic E-state index is 0. The average molecular weight is 391 g/mol. The number of hydrogen-bond acceptors (Lipinski definition) is 4. The number of methoxy groups -OCH3 is 1. The number of hydrogen-bond donors (Lipinski definition) is 1. The van der Waals surface area contributed by atoms with E-state index in [1.54, 1.807) is 11.8 Å². The zero-order valence-electron chi connectivity index (χ0n) is 15.9. The molecule has 1 aromatic heterocycles. The Balaban J connectivity index is 0.00000210. The van der Waals surface area contributed by atoms with Gasteiger partial charge in [0.05, 0.1) is 12.7 Å². The number of ether oxygens (including phenoxy) is 1. The second-order valence-corrected chi connectivity index (χ2v) is 7.48. The van der Waals surface area contributed by atoms with Crippen molar-refractivity contribution in [3.63, 3.8) is 0 Å². The Morgan fingerprint density at radius 3 is 2.63 bits per heavy atom. The van der Waals surface area contributed by atoms with Crippen LogP contribution in [0.5, 0.6) is 5.75 Å². The van der Waals surface area contributed by atoms with Gasteiger partial charge in [0.15, 0.2) is 0 Å². The third kappa shape index (κ3) is 3.69. The fourth-order valence-electron chi connectivity index (χ4n) is 4.26. The molecule has 2 aliphatic rings. The third-order valence-electron chi connectivity index (χ3n) is 5.86. The van der Waals surface area contributed by atoms with E-state index in [2.05, 4.69) is 10.4 Å². The first kappa shape index (κ1) is 19.7. The number of amides is 1. The quantitative estimate of drug-likeness (QED) is 0.875. The van der Waals surface area contributed by atoms with Crippen LogP contribution in [0.4, 0.5) is 0 Å². The molecular formula is C20H27ClN4O2. The Kier molecular flexibility index (Phi) is 5.77. The number of carbonyl (C=O) groups is 1. The molecule has 3 heterocycles. The van der Waals surface area contributed by atoms with Gasteiger partial charge in [-0.2, -0.15) is 5.10 Å². The van der Waals surface area contributed by atoms with E-state index in [-0.39, 0.29) is 18.3 Å². The number of likely N-dealkylation sites (tertiary alicyclic amines) is 1. The van der Waals surface area contributed by atoms with Crippen molar-refractivity contribution in [3.8, 4) is 17.0 Å². The molecule has 0 aliphatic carbocycles. The molecule has 2 aromatic rings. The predicted octanol–water partition coefficient (Wildman–Crippen LogP) is 2.73. The van der Waals surface area contributed by atoms with Crippen molar-refractivity contribution in [2.45, 2.75) is 19.3 Å². The first-order valence-corrected chi connectivity index (χ1v) is 9.29. The molecule has 2 fully saturated rings. The lowest BCUT2D eigenvalue weighted by atomic mass is 9.78. The van der Waals surface area contributed by atoms with E-state index in [9.17, 15) is 4.79 Å². The predicted molar refractivity (Wildman–Crippen MR) is 108 cm³/mol. The van der Waals surface area contributed by atoms with Crippen molar-refractivity contribution in [2.75, 3.05) is 33.3 Å². The first-order valence-electron chi connectivity index (χ1n) is 9.29. The van der Waals surface area contributed by atoms with Crippen LogP contribution in [0, 0.1) is 5.41 Å². The standard InChI is InChI=1S/C20H26N4O2.ClH/c1-23-13-16(18(22-23)15-5-3-4-6-17(15)26-2)19(25)24-11-8-20(9-12-24)7-10-21-14-20;/h3-6,13,21H,7-12,14H2,1-2H3;1H. The Morgan fingerprint density at radius 1 is 1.22 bits per heavy atom. The summed E-state index contributed by atoms with van der Waals surface area (Å²) in [6.45, 7) is 3.84. The highest BCUT2D eigenvalue weighted by Crippen LogP contribution is 2.38. The van der Waals surface area contributed by atoms with E-state index in [0.29, 0.717) is 16.7 Å². The smallest absolute Gasteiger partial charge is 0.257 e. The highest BCUT2D eigenvalue weighted by Gasteiger charge is 2.38. The van der Waals surface area contributed by atoms with Crippen molar-refractivity contribution in [3.05, 3.63) is 36.0 Å². The summed E-state index contributed by atoms with van der Waals surface area (Å²) < 4.78 is 7.18. The van der Waals surface area contributed by atoms with Crippen LogP contribution < -0.4 is 10.1 Å². The summed E-state index contributed by atoms with van der Waals surface area (Å²) in [4.78, 5) is 15.2. The molecule has 1 aromatic carbocycles. The monoisotopic (exact) mass is 390 g/mol. The number of halogens is 1. The van der Waals surface area contributed by atoms with Crippen LogP contribution in [-0.2, 0) is 7.05 Å². The molecule has 0 saturated carbocycles. The maximum absolute atomic E-state index is 13.2. The van der Waals surface area contributed by atoms with Gasteiger partial charge in [-0.05, 0) is 43.4 Å². The first-order chi connectivity index (χ1) is 12.6. The molecule has 0 radical (unpaired) electrons. The van der Waals surface area contributed by atoms with Gasteiger partial charge < -0.3 is 15.0 Å². The normalized spacial score (nSPS) is 18.4. The van der Waals surface area contributed by atoms with Gasteiger partial charge in [-0.15, -0.1) is 12.4 Å². The van der Waals surface area contributed by atoms with Gasteiger partial charge in [-0.1, -0.05) is 12.1 Å². The Bertz CT molecular complexity index is 804. The summed E-state index contributed by atoms with van der Waals surface area (Å²) in [6, 6.07) is 7.72. The van der Waals surface area contributed by atoms with Gasteiger partial charge in [0, 0.05) is 38.4 Å². The number of aryl methyl sites for hydroxylation is 1. The van der Waals surface area contributed by atoms with Crippen molar-refractivity contribution in [1.29, 1.82) is 0 Å². The maximum Gasteiger partial charge on any atom is 0.257 e. The number of aromatic nitrogens is 2. The Morgan fingerprint density at radius 2 is 1.96 bits per heavy atom. The van der Waals surface area contributed by atoms with Gasteiger partial charge in [0.1, 0.15) is 11.4 Å². The lowest BCUT2D eigenvalue weighted by Crippen LogP contribution is -2.44. The van der Waals surface area contributed by atoms with Crippen molar-refractivity contribution >= 4 is 18.3 Å². The molecule has 2 aliphatic heterocycles. The topological polar surface area (TPSA) is 59.4 Å². The summed E-state index contributed by atoms with van der Waals surface area (Å²) in [7, 11) is 3.49. The van der Waals surface area contributed by atoms with Crippen molar-refractivity contribution in [2.24, 2.45) is 12.5 Å². The van der Waals surface area contributed by atoms with Crippen LogP contribution in [0.25, 0.3) is 11.3 Å². The maximum atomic E-state index is 13.2. The Hall–Kier alpha value is -2.05. The summed E-state index contributed by atoms with van der Waals surface area (Å²) in [6.07, 6.45) is 5.21. The molecule has 1 amide bonds. The Labute approximate surface area is 166 Å². The molecule has 1 spiro atoms. The number of benzene rings is 1. The van der Waals surface area contributed by atoms with Crippen LogP contribution in [0.2, 0.25) is 0 Å². The molecule has 7 heteroatoms. The average Bonchev–Trinajstić information content (AvgIpc) is 3.28. The summed E-state index contributed by atoms with van der Waals surface area (Å²) >= 11 is 0. The zero-order valence-corrected chi connectivity index (χ0v) is 16.7. The molecule has 4 rings (SSSR count). The molecule has 1 N–H and O–H groups in total. The lowest BCUT2D eigenvalue weighted by Gasteiger charge is -2.38. The van der Waals surface area contributed by atoms with Crippen LogP contribution in [0.15, 0.2) is 30.5 Å². The molecule has 2 saturated heterocycles. The van der Waals surface area contributed by atoms with E-state index < -0.39 is 0 Å². The van der Waals surface area contributed by atoms with Crippen LogP contribution >= 0.6 is 12.4 Å². The highest BCUT2D eigenvalue weighted by molar-refractivity contribution is 6.00. The molecule has 0 bridgehead atoms. The van der Waals surface area contributed by atoms with Crippen LogP contribution in [0.3, 0.4) is 0 Å². The summed E-state index contributed by atoms with van der Waals surface area (Å²) in [5.74, 6) is 0.801. The van der Waals surface area contributed by atoms with E-state index in [1.165, 1.54) is 6.42 Å². The van der Waals surface area contributed by atoms with E-state index >= 15 is 0 Å². The third-order valence-corrected chi connectivity index (χ3v) is 5.86. The number of nitrogens with zero attached hydrogens (tertiary/aromatic N) is 3. The summed E-state index contributed by atoms with van der Waals surface area (Å²) in [5, 5.41) is 8.03. The van der Waals surface area contributed by atoms with Gasteiger partial charge in [-0.3, -0.25) is 9.48 Å². The number of rotatable bonds is 3. The number of carbonyl (C=O) groups excluding carboxylic acids is 1. The highest BCUT2D eigenvalue weighted by atomic mass is 35.5. The van der Waals surface area contributed by atoms with Crippen LogP contribution in [-0.4, -0.2) is 53.9 Å². The minimum atomic E-state index is 0. The number of para-hydroxylation sites is 1. The fraction of sp³-hybridized carbons (Fsp3) is 0.500. The van der Waals surface area contributed by atoms with E-state index in [1.807, 2.05) is 42.4 Å². The minimum Gasteiger partial charge on any atom is -0.496 e. The van der Waals surface area contributed by atoms with Crippen molar-refractivity contribution < 1.29 is 9.53 Å². The SMILES string of the molecule is COc1ccccc1-c1nn(C)cc1C(=O)N1CCC2(CCNC2)CC1.Cl. The van der Waals surface area contributed by atoms with Gasteiger partial charge in [-0.25, -0.2) is 0 Å². The second-order valence-electron chi connectivity index (χ2n) is 7.48. The molecule has 6 nitrogen and oxygen atoms in total. The molecule has 146 valence electrons. The zero-order chi connectivity index (χ0) is 18.1. The molecule has 0 unspecified atom stereocenters. The lowest BCUT2D eigenvalue weighted by molar-refractivity contribution is 0.0608. The number of nitrogens with one attached hydrogen (secondary N) is 1. The molecule has 27 heavy (non-hydrogen) atoms. The van der Waals surface area contributed by atoms with Gasteiger partial charge >= 0.3 is 0 Å². The van der Waals surface area contributed by atoms with Gasteiger partial charge in [0.25, 0.3) is 5.91 Å². The molecular weight excluding hydrogens is 364 g/mol. The largest absolute Gasteiger partial charge is 0.496 e. The molecule has 0 atom stereocenters.